The van der Waals surface area contributed by atoms with Crippen LogP contribution < -0.4 is 4.90 Å². The number of carbonyl (C=O) groups excluding carboxylic acids is 2. The molecule has 0 spiro atoms. The first-order chi connectivity index (χ1) is 11.2. The van der Waals surface area contributed by atoms with E-state index in [1.807, 2.05) is 0 Å². The monoisotopic (exact) mass is 307 g/mol. The number of hydrogen-bond acceptors (Lipinski definition) is 2. The highest BCUT2D eigenvalue weighted by atomic mass is 16.2. The zero-order valence-corrected chi connectivity index (χ0v) is 12.9. The molecular formula is C19H19N2O2+. The number of imide groups is 1. The van der Waals surface area contributed by atoms with Crippen molar-refractivity contribution in [3.05, 3.63) is 70.8 Å². The van der Waals surface area contributed by atoms with Crippen molar-refractivity contribution < 1.29 is 14.5 Å². The van der Waals surface area contributed by atoms with E-state index in [2.05, 4.69) is 24.3 Å². The normalized spacial score (nSPS) is 19.7. The standard InChI is InChI=1S/C19H18N2O2/c22-18-16-7-3-4-8-17(16)19(23)21(18)12-11-20-10-9-14-5-1-2-6-15(14)13-20/h1-8H,9-13H2/p+1. The molecule has 0 aliphatic carbocycles. The minimum atomic E-state index is -0.151. The van der Waals surface area contributed by atoms with Gasteiger partial charge in [0.25, 0.3) is 11.8 Å². The highest BCUT2D eigenvalue weighted by Gasteiger charge is 2.35. The lowest BCUT2D eigenvalue weighted by Gasteiger charge is -2.27. The van der Waals surface area contributed by atoms with E-state index in [0.29, 0.717) is 17.7 Å². The molecule has 0 fully saturated rings. The molecule has 4 rings (SSSR count). The fraction of sp³-hybridized carbons (Fsp3) is 0.263. The molecule has 23 heavy (non-hydrogen) atoms. The third-order valence-electron chi connectivity index (χ3n) is 4.87. The maximum atomic E-state index is 12.4. The maximum absolute atomic E-state index is 12.4. The second kappa shape index (κ2) is 5.63. The molecule has 0 radical (unpaired) electrons. The van der Waals surface area contributed by atoms with E-state index in [1.165, 1.54) is 20.9 Å². The fourth-order valence-corrected chi connectivity index (χ4v) is 3.57. The smallest absolute Gasteiger partial charge is 0.261 e. The lowest BCUT2D eigenvalue weighted by molar-refractivity contribution is -0.915. The number of rotatable bonds is 3. The molecule has 0 bridgehead atoms. The Labute approximate surface area is 135 Å². The number of carbonyl (C=O) groups is 2. The van der Waals surface area contributed by atoms with Crippen molar-refractivity contribution in [1.29, 1.82) is 0 Å². The summed E-state index contributed by atoms with van der Waals surface area (Å²) in [5.74, 6) is -0.301. The SMILES string of the molecule is O=C1c2ccccc2C(=O)N1CC[NH+]1CCc2ccccc2C1. The van der Waals surface area contributed by atoms with E-state index in [1.54, 1.807) is 24.3 Å². The molecule has 1 unspecified atom stereocenters. The van der Waals surface area contributed by atoms with E-state index in [-0.39, 0.29) is 11.8 Å². The van der Waals surface area contributed by atoms with Crippen molar-refractivity contribution in [1.82, 2.24) is 4.90 Å². The topological polar surface area (TPSA) is 41.8 Å². The Hall–Kier alpha value is -2.46. The highest BCUT2D eigenvalue weighted by Crippen LogP contribution is 2.21. The van der Waals surface area contributed by atoms with Gasteiger partial charge in [0.1, 0.15) is 6.54 Å². The van der Waals surface area contributed by atoms with Gasteiger partial charge in [-0.15, -0.1) is 0 Å². The Bertz CT molecular complexity index is 749. The van der Waals surface area contributed by atoms with Crippen LogP contribution in [0, 0.1) is 0 Å². The van der Waals surface area contributed by atoms with Gasteiger partial charge in [-0.3, -0.25) is 14.5 Å². The minimum absolute atomic E-state index is 0.151. The largest absolute Gasteiger partial charge is 0.329 e. The van der Waals surface area contributed by atoms with Crippen LogP contribution in [0.1, 0.15) is 31.8 Å². The molecule has 2 heterocycles. The third kappa shape index (κ3) is 2.45. The van der Waals surface area contributed by atoms with Gasteiger partial charge >= 0.3 is 0 Å². The van der Waals surface area contributed by atoms with E-state index in [4.69, 9.17) is 0 Å². The lowest BCUT2D eigenvalue weighted by atomic mass is 10.00. The van der Waals surface area contributed by atoms with Crippen LogP contribution in [-0.4, -0.2) is 36.3 Å². The van der Waals surface area contributed by atoms with Gasteiger partial charge in [0, 0.05) is 12.0 Å². The molecule has 2 aromatic rings. The van der Waals surface area contributed by atoms with Crippen molar-refractivity contribution in [2.75, 3.05) is 19.6 Å². The summed E-state index contributed by atoms with van der Waals surface area (Å²) in [6.45, 7) is 3.32. The van der Waals surface area contributed by atoms with Gasteiger partial charge in [-0.1, -0.05) is 36.4 Å². The first-order valence-electron chi connectivity index (χ1n) is 8.09. The fourth-order valence-electron chi connectivity index (χ4n) is 3.57. The van der Waals surface area contributed by atoms with Crippen molar-refractivity contribution in [2.24, 2.45) is 0 Å². The average molecular weight is 307 g/mol. The predicted molar refractivity (Wildman–Crippen MR) is 86.4 cm³/mol. The second-order valence-electron chi connectivity index (χ2n) is 6.25. The molecule has 0 aromatic heterocycles. The van der Waals surface area contributed by atoms with Crippen LogP contribution in [0.2, 0.25) is 0 Å². The summed E-state index contributed by atoms with van der Waals surface area (Å²) in [4.78, 5) is 27.6. The molecule has 2 aliphatic heterocycles. The summed E-state index contributed by atoms with van der Waals surface area (Å²) in [5, 5.41) is 0. The number of amides is 2. The summed E-state index contributed by atoms with van der Waals surface area (Å²) >= 11 is 0. The Morgan fingerprint density at radius 3 is 2.17 bits per heavy atom. The van der Waals surface area contributed by atoms with Crippen molar-refractivity contribution in [3.8, 4) is 0 Å². The van der Waals surface area contributed by atoms with E-state index in [9.17, 15) is 9.59 Å². The maximum Gasteiger partial charge on any atom is 0.261 e. The Morgan fingerprint density at radius 2 is 1.48 bits per heavy atom. The number of nitrogens with one attached hydrogen (secondary N) is 1. The summed E-state index contributed by atoms with van der Waals surface area (Å²) in [7, 11) is 0. The molecule has 2 amide bonds. The predicted octanol–water partition coefficient (Wildman–Crippen LogP) is 0.924. The van der Waals surface area contributed by atoms with Crippen LogP contribution in [0.15, 0.2) is 48.5 Å². The van der Waals surface area contributed by atoms with Gasteiger partial charge in [-0.25, -0.2) is 0 Å². The minimum Gasteiger partial charge on any atom is -0.329 e. The van der Waals surface area contributed by atoms with Crippen molar-refractivity contribution in [2.45, 2.75) is 13.0 Å². The van der Waals surface area contributed by atoms with Gasteiger partial charge in [-0.05, 0) is 17.7 Å². The Morgan fingerprint density at radius 1 is 0.870 bits per heavy atom. The van der Waals surface area contributed by atoms with Crippen LogP contribution in [0.3, 0.4) is 0 Å². The molecule has 0 saturated carbocycles. The zero-order valence-electron chi connectivity index (χ0n) is 12.9. The molecule has 1 N–H and O–H groups in total. The first-order valence-corrected chi connectivity index (χ1v) is 8.09. The molecule has 0 saturated heterocycles. The number of nitrogens with zero attached hydrogens (tertiary/aromatic N) is 1. The van der Waals surface area contributed by atoms with E-state index in [0.717, 1.165) is 26.1 Å². The molecule has 2 aliphatic rings. The average Bonchev–Trinajstić information content (AvgIpc) is 2.84. The Kier molecular flexibility index (Phi) is 3.46. The van der Waals surface area contributed by atoms with E-state index < -0.39 is 0 Å². The van der Waals surface area contributed by atoms with Gasteiger partial charge in [0.05, 0.1) is 30.8 Å². The molecule has 1 atom stereocenters. The van der Waals surface area contributed by atoms with Gasteiger partial charge < -0.3 is 4.90 Å². The van der Waals surface area contributed by atoms with E-state index >= 15 is 0 Å². The summed E-state index contributed by atoms with van der Waals surface area (Å²) in [6, 6.07) is 15.6. The number of quaternary nitrogens is 1. The number of hydrogen-bond donors (Lipinski definition) is 1. The zero-order chi connectivity index (χ0) is 15.8. The lowest BCUT2D eigenvalue weighted by Crippen LogP contribution is -3.12. The second-order valence-corrected chi connectivity index (χ2v) is 6.25. The van der Waals surface area contributed by atoms with Gasteiger partial charge in [0.15, 0.2) is 0 Å². The Balaban J connectivity index is 1.43. The first kappa shape index (κ1) is 14.2. The quantitative estimate of drug-likeness (QED) is 0.857. The number of benzene rings is 2. The van der Waals surface area contributed by atoms with Crippen LogP contribution in [-0.2, 0) is 13.0 Å². The van der Waals surface area contributed by atoms with Gasteiger partial charge in [-0.2, -0.15) is 0 Å². The third-order valence-corrected chi connectivity index (χ3v) is 4.87. The summed E-state index contributed by atoms with van der Waals surface area (Å²) in [6.07, 6.45) is 1.06. The molecule has 4 nitrogen and oxygen atoms in total. The molecular weight excluding hydrogens is 288 g/mol. The van der Waals surface area contributed by atoms with Crippen LogP contribution in [0.5, 0.6) is 0 Å². The molecule has 4 heteroatoms. The summed E-state index contributed by atoms with van der Waals surface area (Å²) in [5.41, 5.74) is 3.89. The number of fused-ring (bicyclic) bond motifs is 2. The highest BCUT2D eigenvalue weighted by molar-refractivity contribution is 6.21. The molecule has 2 aromatic carbocycles. The van der Waals surface area contributed by atoms with Crippen LogP contribution in [0.4, 0.5) is 0 Å². The van der Waals surface area contributed by atoms with Crippen LogP contribution >= 0.6 is 0 Å². The van der Waals surface area contributed by atoms with Gasteiger partial charge in [0.2, 0.25) is 0 Å². The van der Waals surface area contributed by atoms with Crippen molar-refractivity contribution >= 4 is 11.8 Å². The summed E-state index contributed by atoms with van der Waals surface area (Å²) < 4.78 is 0. The molecule has 116 valence electrons. The van der Waals surface area contributed by atoms with Crippen LogP contribution in [0.25, 0.3) is 0 Å². The van der Waals surface area contributed by atoms with Crippen molar-refractivity contribution in [3.63, 3.8) is 0 Å².